The molecule has 0 bridgehead atoms. The van der Waals surface area contributed by atoms with Crippen molar-refractivity contribution in [3.8, 4) is 11.5 Å². The van der Waals surface area contributed by atoms with Crippen molar-refractivity contribution in [2.24, 2.45) is 0 Å². The Morgan fingerprint density at radius 1 is 1.00 bits per heavy atom. The average Bonchev–Trinajstić information content (AvgIpc) is 2.72. The van der Waals surface area contributed by atoms with E-state index in [1.165, 1.54) is 5.39 Å². The predicted molar refractivity (Wildman–Crippen MR) is 113 cm³/mol. The lowest BCUT2D eigenvalue weighted by molar-refractivity contribution is -0.128. The Morgan fingerprint density at radius 3 is 2.57 bits per heavy atom. The predicted octanol–water partition coefficient (Wildman–Crippen LogP) is 4.81. The van der Waals surface area contributed by atoms with Gasteiger partial charge in [0.05, 0.1) is 6.54 Å². The molecule has 1 N–H and O–H groups in total. The van der Waals surface area contributed by atoms with Crippen molar-refractivity contribution in [1.82, 2.24) is 5.32 Å². The normalized spacial score (nSPS) is 11.8. The van der Waals surface area contributed by atoms with Crippen LogP contribution in [-0.2, 0) is 4.79 Å². The highest BCUT2D eigenvalue weighted by atomic mass is 16.5. The first-order valence-corrected chi connectivity index (χ1v) is 9.70. The monoisotopic (exact) mass is 377 g/mol. The highest BCUT2D eigenvalue weighted by molar-refractivity contribution is 5.83. The van der Waals surface area contributed by atoms with Gasteiger partial charge >= 0.3 is 0 Å². The molecule has 28 heavy (non-hydrogen) atoms. The number of aryl methyl sites for hydroxylation is 1. The number of amides is 1. The van der Waals surface area contributed by atoms with Gasteiger partial charge < -0.3 is 14.8 Å². The summed E-state index contributed by atoms with van der Waals surface area (Å²) in [7, 11) is 0. The first-order valence-electron chi connectivity index (χ1n) is 9.70. The molecule has 4 nitrogen and oxygen atoms in total. The van der Waals surface area contributed by atoms with Crippen LogP contribution in [0, 0.1) is 13.8 Å². The molecule has 0 spiro atoms. The molecule has 4 heteroatoms. The number of nitrogens with one attached hydrogen (secondary N) is 1. The molecule has 0 saturated carbocycles. The molecule has 146 valence electrons. The van der Waals surface area contributed by atoms with Crippen LogP contribution in [-0.4, -0.2) is 25.2 Å². The van der Waals surface area contributed by atoms with E-state index in [0.717, 1.165) is 28.0 Å². The van der Waals surface area contributed by atoms with Gasteiger partial charge in [0.25, 0.3) is 5.91 Å². The molecule has 0 aromatic heterocycles. The molecular formula is C24H27NO3. The van der Waals surface area contributed by atoms with Crippen molar-refractivity contribution in [3.63, 3.8) is 0 Å². The fraction of sp³-hybridized carbons (Fsp3) is 0.292. The molecular weight excluding hydrogens is 350 g/mol. The van der Waals surface area contributed by atoms with Crippen molar-refractivity contribution >= 4 is 16.7 Å². The third kappa shape index (κ3) is 4.83. The number of fused-ring (bicyclic) bond motifs is 1. The average molecular weight is 377 g/mol. The summed E-state index contributed by atoms with van der Waals surface area (Å²) in [6, 6.07) is 20.0. The van der Waals surface area contributed by atoms with Gasteiger partial charge in [-0.15, -0.1) is 0 Å². The molecule has 0 aliphatic heterocycles. The molecule has 0 saturated heterocycles. The number of benzene rings is 3. The van der Waals surface area contributed by atoms with Crippen molar-refractivity contribution in [1.29, 1.82) is 0 Å². The van der Waals surface area contributed by atoms with Gasteiger partial charge in [-0.2, -0.15) is 0 Å². The summed E-state index contributed by atoms with van der Waals surface area (Å²) in [5, 5.41) is 5.22. The molecule has 0 fully saturated rings. The largest absolute Gasteiger partial charge is 0.492 e. The Labute approximate surface area is 166 Å². The summed E-state index contributed by atoms with van der Waals surface area (Å²) in [6.07, 6.45) is 0.0891. The minimum Gasteiger partial charge on any atom is -0.492 e. The van der Waals surface area contributed by atoms with E-state index in [1.807, 2.05) is 69.3 Å². The summed E-state index contributed by atoms with van der Waals surface area (Å²) >= 11 is 0. The molecule has 0 aliphatic carbocycles. The standard InChI is InChI=1S/C24H27NO3/c1-4-22(28-23-11-7-8-17(2)18(23)3)24(26)25-14-15-27-21-13-12-19-9-5-6-10-20(19)16-21/h5-13,16,22H,4,14-15H2,1-3H3,(H,25,26)/t22-/m0/s1. The maximum atomic E-state index is 12.5. The van der Waals surface area contributed by atoms with Crippen molar-refractivity contribution in [3.05, 3.63) is 71.8 Å². The molecule has 0 unspecified atom stereocenters. The van der Waals surface area contributed by atoms with Crippen LogP contribution in [0.1, 0.15) is 24.5 Å². The maximum absolute atomic E-state index is 12.5. The lowest BCUT2D eigenvalue weighted by Crippen LogP contribution is -2.39. The zero-order valence-electron chi connectivity index (χ0n) is 16.7. The molecule has 0 heterocycles. The van der Waals surface area contributed by atoms with Gasteiger partial charge in [-0.3, -0.25) is 4.79 Å². The van der Waals surface area contributed by atoms with E-state index in [0.29, 0.717) is 19.6 Å². The Balaban J connectivity index is 1.50. The van der Waals surface area contributed by atoms with E-state index in [-0.39, 0.29) is 5.91 Å². The maximum Gasteiger partial charge on any atom is 0.261 e. The fourth-order valence-electron chi connectivity index (χ4n) is 3.04. The topological polar surface area (TPSA) is 47.6 Å². The van der Waals surface area contributed by atoms with Gasteiger partial charge in [0.2, 0.25) is 0 Å². The van der Waals surface area contributed by atoms with Gasteiger partial charge in [0, 0.05) is 0 Å². The number of carbonyl (C=O) groups is 1. The van der Waals surface area contributed by atoms with E-state index < -0.39 is 6.10 Å². The van der Waals surface area contributed by atoms with Crippen LogP contribution in [0.4, 0.5) is 0 Å². The van der Waals surface area contributed by atoms with Crippen LogP contribution in [0.15, 0.2) is 60.7 Å². The van der Waals surface area contributed by atoms with Crippen molar-refractivity contribution in [2.75, 3.05) is 13.2 Å². The first kappa shape index (κ1) is 19.7. The zero-order valence-corrected chi connectivity index (χ0v) is 16.7. The number of rotatable bonds is 8. The number of carbonyl (C=O) groups excluding carboxylic acids is 1. The summed E-state index contributed by atoms with van der Waals surface area (Å²) in [6.45, 7) is 6.82. The summed E-state index contributed by atoms with van der Waals surface area (Å²) in [5.41, 5.74) is 2.21. The number of hydrogen-bond donors (Lipinski definition) is 1. The second-order valence-electron chi connectivity index (χ2n) is 6.86. The van der Waals surface area contributed by atoms with Crippen LogP contribution in [0.25, 0.3) is 10.8 Å². The van der Waals surface area contributed by atoms with Crippen LogP contribution >= 0.6 is 0 Å². The second-order valence-corrected chi connectivity index (χ2v) is 6.86. The van der Waals surface area contributed by atoms with E-state index in [1.54, 1.807) is 0 Å². The van der Waals surface area contributed by atoms with E-state index in [9.17, 15) is 4.79 Å². The van der Waals surface area contributed by atoms with E-state index in [4.69, 9.17) is 9.47 Å². The van der Waals surface area contributed by atoms with Crippen molar-refractivity contribution in [2.45, 2.75) is 33.3 Å². The highest BCUT2D eigenvalue weighted by Gasteiger charge is 2.19. The summed E-state index contributed by atoms with van der Waals surface area (Å²) in [5.74, 6) is 1.44. The highest BCUT2D eigenvalue weighted by Crippen LogP contribution is 2.23. The summed E-state index contributed by atoms with van der Waals surface area (Å²) < 4.78 is 11.7. The molecule has 0 aliphatic rings. The van der Waals surface area contributed by atoms with Crippen LogP contribution in [0.5, 0.6) is 11.5 Å². The quantitative estimate of drug-likeness (QED) is 0.573. The van der Waals surface area contributed by atoms with Gasteiger partial charge in [-0.25, -0.2) is 0 Å². The Bertz CT molecular complexity index is 951. The van der Waals surface area contributed by atoms with Gasteiger partial charge in [0.1, 0.15) is 18.1 Å². The molecule has 3 rings (SSSR count). The fourth-order valence-corrected chi connectivity index (χ4v) is 3.04. The lowest BCUT2D eigenvalue weighted by atomic mass is 10.1. The smallest absolute Gasteiger partial charge is 0.261 e. The molecule has 3 aromatic rings. The third-order valence-corrected chi connectivity index (χ3v) is 4.88. The minimum absolute atomic E-state index is 0.120. The van der Waals surface area contributed by atoms with Crippen LogP contribution in [0.2, 0.25) is 0 Å². The SMILES string of the molecule is CC[C@H](Oc1cccc(C)c1C)C(=O)NCCOc1ccc2ccccc2c1. The minimum atomic E-state index is -0.513. The van der Waals surface area contributed by atoms with E-state index >= 15 is 0 Å². The van der Waals surface area contributed by atoms with Crippen LogP contribution in [0.3, 0.4) is 0 Å². The van der Waals surface area contributed by atoms with Crippen LogP contribution < -0.4 is 14.8 Å². The molecule has 0 radical (unpaired) electrons. The first-order chi connectivity index (χ1) is 13.6. The van der Waals surface area contributed by atoms with Gasteiger partial charge in [-0.05, 0) is 60.4 Å². The Hall–Kier alpha value is -3.01. The molecule has 3 aromatic carbocycles. The third-order valence-electron chi connectivity index (χ3n) is 4.88. The molecule has 1 atom stereocenters. The Morgan fingerprint density at radius 2 is 1.79 bits per heavy atom. The van der Waals surface area contributed by atoms with Crippen molar-refractivity contribution < 1.29 is 14.3 Å². The summed E-state index contributed by atoms with van der Waals surface area (Å²) in [4.78, 5) is 12.5. The zero-order chi connectivity index (χ0) is 19.9. The van der Waals surface area contributed by atoms with Gasteiger partial charge in [0.15, 0.2) is 6.10 Å². The number of ether oxygens (including phenoxy) is 2. The van der Waals surface area contributed by atoms with Gasteiger partial charge in [-0.1, -0.05) is 49.4 Å². The molecule has 1 amide bonds. The Kier molecular flexibility index (Phi) is 6.53. The van der Waals surface area contributed by atoms with E-state index in [2.05, 4.69) is 17.4 Å². The lowest BCUT2D eigenvalue weighted by Gasteiger charge is -2.19. The second kappa shape index (κ2) is 9.27. The number of hydrogen-bond acceptors (Lipinski definition) is 3.